The van der Waals surface area contributed by atoms with Crippen molar-refractivity contribution < 1.29 is 14.3 Å². The zero-order valence-corrected chi connectivity index (χ0v) is 16.0. The van der Waals surface area contributed by atoms with E-state index in [0.717, 1.165) is 55.6 Å². The molecule has 0 spiro atoms. The van der Waals surface area contributed by atoms with Crippen LogP contribution in [0.3, 0.4) is 0 Å². The van der Waals surface area contributed by atoms with Crippen LogP contribution in [-0.2, 0) is 4.79 Å². The molecule has 3 rings (SSSR count). The average Bonchev–Trinajstić information content (AvgIpc) is 2.73. The second kappa shape index (κ2) is 9.28. The van der Waals surface area contributed by atoms with Gasteiger partial charge in [-0.2, -0.15) is 0 Å². The maximum Gasteiger partial charge on any atom is 0.225 e. The summed E-state index contributed by atoms with van der Waals surface area (Å²) in [6.07, 6.45) is 0.487. The van der Waals surface area contributed by atoms with E-state index < -0.39 is 0 Å². The lowest BCUT2D eigenvalue weighted by molar-refractivity contribution is -0.116. The fourth-order valence-electron chi connectivity index (χ4n) is 3.26. The van der Waals surface area contributed by atoms with Gasteiger partial charge < -0.3 is 19.7 Å². The molecule has 0 atom stereocenters. The van der Waals surface area contributed by atoms with Crippen LogP contribution in [-0.4, -0.2) is 57.8 Å². The third-order valence-electron chi connectivity index (χ3n) is 4.83. The summed E-state index contributed by atoms with van der Waals surface area (Å²) in [6.45, 7) is 4.50. The lowest BCUT2D eigenvalue weighted by atomic mass is 10.2. The van der Waals surface area contributed by atoms with E-state index in [4.69, 9.17) is 9.47 Å². The van der Waals surface area contributed by atoms with Gasteiger partial charge in [-0.1, -0.05) is 12.1 Å². The zero-order chi connectivity index (χ0) is 19.1. The van der Waals surface area contributed by atoms with E-state index in [0.29, 0.717) is 6.42 Å². The average molecular weight is 369 g/mol. The molecular weight excluding hydrogens is 342 g/mol. The molecule has 2 aromatic rings. The first-order valence-electron chi connectivity index (χ1n) is 9.24. The highest BCUT2D eigenvalue weighted by atomic mass is 16.5. The van der Waals surface area contributed by atoms with E-state index in [-0.39, 0.29) is 5.91 Å². The molecular formula is C21H27N3O3. The van der Waals surface area contributed by atoms with Crippen LogP contribution in [0.2, 0.25) is 0 Å². The van der Waals surface area contributed by atoms with E-state index in [9.17, 15) is 4.79 Å². The number of anilines is 2. The third kappa shape index (κ3) is 5.14. The first-order valence-corrected chi connectivity index (χ1v) is 9.24. The second-order valence-corrected chi connectivity index (χ2v) is 6.53. The number of carbonyl (C=O) groups is 1. The van der Waals surface area contributed by atoms with Gasteiger partial charge in [0.1, 0.15) is 11.5 Å². The summed E-state index contributed by atoms with van der Waals surface area (Å²) in [7, 11) is 3.33. The summed E-state index contributed by atoms with van der Waals surface area (Å²) in [4.78, 5) is 16.9. The van der Waals surface area contributed by atoms with Gasteiger partial charge in [0.05, 0.1) is 19.9 Å². The van der Waals surface area contributed by atoms with E-state index in [1.807, 2.05) is 42.5 Å². The predicted octanol–water partition coefficient (Wildman–Crippen LogP) is 2.85. The number of nitrogens with one attached hydrogen (secondary N) is 1. The molecule has 6 nitrogen and oxygen atoms in total. The quantitative estimate of drug-likeness (QED) is 0.813. The van der Waals surface area contributed by atoms with Crippen molar-refractivity contribution in [2.24, 2.45) is 0 Å². The SMILES string of the molecule is COc1ccc(NC(=O)CCN2CCN(c3ccccc3OC)CC2)cc1. The number of nitrogens with zero attached hydrogens (tertiary/aromatic N) is 2. The van der Waals surface area contributed by atoms with Gasteiger partial charge in [-0.05, 0) is 36.4 Å². The molecule has 1 fully saturated rings. The van der Waals surface area contributed by atoms with Crippen LogP contribution in [0.15, 0.2) is 48.5 Å². The first-order chi connectivity index (χ1) is 13.2. The Morgan fingerprint density at radius 2 is 1.67 bits per heavy atom. The minimum Gasteiger partial charge on any atom is -0.497 e. The number of piperazine rings is 1. The molecule has 1 amide bonds. The summed E-state index contributed by atoms with van der Waals surface area (Å²) in [5, 5.41) is 2.93. The molecule has 0 radical (unpaired) electrons. The summed E-state index contributed by atoms with van der Waals surface area (Å²) in [5.74, 6) is 1.72. The van der Waals surface area contributed by atoms with E-state index in [1.165, 1.54) is 0 Å². The minimum atomic E-state index is 0.0346. The third-order valence-corrected chi connectivity index (χ3v) is 4.83. The molecule has 6 heteroatoms. The highest BCUT2D eigenvalue weighted by Crippen LogP contribution is 2.28. The Morgan fingerprint density at radius 1 is 0.963 bits per heavy atom. The van der Waals surface area contributed by atoms with Crippen LogP contribution >= 0.6 is 0 Å². The number of carbonyl (C=O) groups excluding carboxylic acids is 1. The van der Waals surface area contributed by atoms with Crippen LogP contribution in [0.5, 0.6) is 11.5 Å². The maximum absolute atomic E-state index is 12.2. The van der Waals surface area contributed by atoms with Crippen LogP contribution in [0.1, 0.15) is 6.42 Å². The molecule has 0 unspecified atom stereocenters. The van der Waals surface area contributed by atoms with Crippen molar-refractivity contribution in [3.05, 3.63) is 48.5 Å². The van der Waals surface area contributed by atoms with E-state index >= 15 is 0 Å². The number of benzene rings is 2. The fraction of sp³-hybridized carbons (Fsp3) is 0.381. The van der Waals surface area contributed by atoms with Crippen LogP contribution in [0, 0.1) is 0 Å². The van der Waals surface area contributed by atoms with Gasteiger partial charge in [-0.15, -0.1) is 0 Å². The number of amides is 1. The van der Waals surface area contributed by atoms with E-state index in [2.05, 4.69) is 21.2 Å². The lowest BCUT2D eigenvalue weighted by Crippen LogP contribution is -2.47. The van der Waals surface area contributed by atoms with Crippen LogP contribution in [0.4, 0.5) is 11.4 Å². The van der Waals surface area contributed by atoms with Gasteiger partial charge in [0.25, 0.3) is 0 Å². The van der Waals surface area contributed by atoms with Crippen molar-refractivity contribution in [3.63, 3.8) is 0 Å². The molecule has 27 heavy (non-hydrogen) atoms. The van der Waals surface area contributed by atoms with Crippen LogP contribution in [0.25, 0.3) is 0 Å². The molecule has 1 aliphatic rings. The molecule has 0 saturated carbocycles. The molecule has 1 N–H and O–H groups in total. The van der Waals surface area contributed by atoms with Gasteiger partial charge in [-0.3, -0.25) is 9.69 Å². The Balaban J connectivity index is 1.43. The van der Waals surface area contributed by atoms with Crippen molar-refractivity contribution >= 4 is 17.3 Å². The Kier molecular flexibility index (Phi) is 6.54. The van der Waals surface area contributed by atoms with Crippen molar-refractivity contribution in [3.8, 4) is 11.5 Å². The highest BCUT2D eigenvalue weighted by Gasteiger charge is 2.19. The minimum absolute atomic E-state index is 0.0346. The first kappa shape index (κ1) is 19.0. The van der Waals surface area contributed by atoms with Crippen molar-refractivity contribution in [1.29, 1.82) is 0 Å². The summed E-state index contributed by atoms with van der Waals surface area (Å²) >= 11 is 0. The molecule has 0 aliphatic carbocycles. The topological polar surface area (TPSA) is 54.0 Å². The Hall–Kier alpha value is -2.73. The van der Waals surface area contributed by atoms with Crippen LogP contribution < -0.4 is 19.7 Å². The fourth-order valence-corrected chi connectivity index (χ4v) is 3.26. The molecule has 1 heterocycles. The maximum atomic E-state index is 12.2. The standard InChI is InChI=1S/C21H27N3O3/c1-26-18-9-7-17(8-10-18)22-21(25)11-12-23-13-15-24(16-14-23)19-5-3-4-6-20(19)27-2/h3-10H,11-16H2,1-2H3,(H,22,25). The number of rotatable bonds is 7. The molecule has 1 aliphatic heterocycles. The van der Waals surface area contributed by atoms with Gasteiger partial charge >= 0.3 is 0 Å². The highest BCUT2D eigenvalue weighted by molar-refractivity contribution is 5.90. The number of methoxy groups -OCH3 is 2. The number of hydrogen-bond donors (Lipinski definition) is 1. The lowest BCUT2D eigenvalue weighted by Gasteiger charge is -2.36. The molecule has 144 valence electrons. The van der Waals surface area contributed by atoms with Crippen molar-refractivity contribution in [1.82, 2.24) is 4.90 Å². The normalized spacial score (nSPS) is 14.7. The molecule has 1 saturated heterocycles. The smallest absolute Gasteiger partial charge is 0.225 e. The molecule has 0 aromatic heterocycles. The van der Waals surface area contributed by atoms with E-state index in [1.54, 1.807) is 14.2 Å². The number of hydrogen-bond acceptors (Lipinski definition) is 5. The zero-order valence-electron chi connectivity index (χ0n) is 16.0. The summed E-state index contributed by atoms with van der Waals surface area (Å²) in [5.41, 5.74) is 1.93. The van der Waals surface area contributed by atoms with Gasteiger partial charge in [-0.25, -0.2) is 0 Å². The Morgan fingerprint density at radius 3 is 2.33 bits per heavy atom. The Labute approximate surface area is 160 Å². The molecule has 0 bridgehead atoms. The Bertz CT molecular complexity index is 741. The summed E-state index contributed by atoms with van der Waals surface area (Å²) < 4.78 is 10.6. The largest absolute Gasteiger partial charge is 0.497 e. The van der Waals surface area contributed by atoms with Crippen molar-refractivity contribution in [2.75, 3.05) is 57.2 Å². The monoisotopic (exact) mass is 369 g/mol. The van der Waals surface area contributed by atoms with Gasteiger partial charge in [0, 0.05) is 44.8 Å². The summed E-state index contributed by atoms with van der Waals surface area (Å²) in [6, 6.07) is 15.5. The number of ether oxygens (including phenoxy) is 2. The van der Waals surface area contributed by atoms with Gasteiger partial charge in [0.15, 0.2) is 0 Å². The second-order valence-electron chi connectivity index (χ2n) is 6.53. The predicted molar refractivity (Wildman–Crippen MR) is 108 cm³/mol. The number of para-hydroxylation sites is 2. The van der Waals surface area contributed by atoms with Gasteiger partial charge in [0.2, 0.25) is 5.91 Å². The molecule has 2 aromatic carbocycles. The van der Waals surface area contributed by atoms with Crippen molar-refractivity contribution in [2.45, 2.75) is 6.42 Å².